The predicted octanol–water partition coefficient (Wildman–Crippen LogP) is 4.72. The Labute approximate surface area is 154 Å². The Balaban J connectivity index is 1.36. The van der Waals surface area contributed by atoms with Gasteiger partial charge in [-0.3, -0.25) is 9.80 Å². The van der Waals surface area contributed by atoms with Crippen molar-refractivity contribution in [3.05, 3.63) is 0 Å². The topological polar surface area (TPSA) is 6.48 Å². The van der Waals surface area contributed by atoms with Crippen LogP contribution in [-0.4, -0.2) is 69.4 Å². The number of hydrogen-bond donors (Lipinski definition) is 0. The smallest absolute Gasteiger partial charge is 0.0452 e. The lowest BCUT2D eigenvalue weighted by Gasteiger charge is -2.19. The van der Waals surface area contributed by atoms with E-state index in [1.807, 2.05) is 0 Å². The number of unbranched alkanes of at least 4 members (excludes halogenated alkanes) is 5. The van der Waals surface area contributed by atoms with E-state index in [-0.39, 0.29) is 0 Å². The van der Waals surface area contributed by atoms with Crippen molar-refractivity contribution in [1.29, 1.82) is 0 Å². The van der Waals surface area contributed by atoms with Crippen LogP contribution < -0.4 is 0 Å². The molecule has 2 rings (SSSR count). The van der Waals surface area contributed by atoms with Crippen molar-refractivity contribution in [3.63, 3.8) is 0 Å². The molecular formula is C16H32N2S4. The van der Waals surface area contributed by atoms with E-state index in [4.69, 9.17) is 0 Å². The fraction of sp³-hybridized carbons (Fsp3) is 1.00. The molecule has 6 heteroatoms. The minimum absolute atomic E-state index is 1.26. The second-order valence-electron chi connectivity index (χ2n) is 6.06. The monoisotopic (exact) mass is 380 g/mol. The highest BCUT2D eigenvalue weighted by Gasteiger charge is 2.09. The van der Waals surface area contributed by atoms with Gasteiger partial charge in [0.05, 0.1) is 0 Å². The Morgan fingerprint density at radius 1 is 0.455 bits per heavy atom. The fourth-order valence-electron chi connectivity index (χ4n) is 2.72. The molecule has 130 valence electrons. The third kappa shape index (κ3) is 9.58. The van der Waals surface area contributed by atoms with Crippen molar-refractivity contribution in [1.82, 2.24) is 9.80 Å². The first-order valence-corrected chi connectivity index (χ1v) is 13.3. The summed E-state index contributed by atoms with van der Waals surface area (Å²) in [5.74, 6) is 10.4. The molecule has 2 aliphatic heterocycles. The van der Waals surface area contributed by atoms with E-state index in [2.05, 4.69) is 56.8 Å². The van der Waals surface area contributed by atoms with Gasteiger partial charge in [0.2, 0.25) is 0 Å². The Kier molecular flexibility index (Phi) is 12.1. The van der Waals surface area contributed by atoms with Gasteiger partial charge in [0.1, 0.15) is 0 Å². The Morgan fingerprint density at radius 2 is 0.773 bits per heavy atom. The van der Waals surface area contributed by atoms with Crippen LogP contribution in [0.1, 0.15) is 38.5 Å². The zero-order valence-corrected chi connectivity index (χ0v) is 17.1. The summed E-state index contributed by atoms with van der Waals surface area (Å²) < 4.78 is 0. The molecule has 0 aliphatic carbocycles. The molecule has 2 aliphatic rings. The van der Waals surface area contributed by atoms with Crippen molar-refractivity contribution in [2.75, 3.05) is 59.6 Å². The Hall–Kier alpha value is 1.32. The molecule has 0 atom stereocenters. The Morgan fingerprint density at radius 3 is 1.14 bits per heavy atom. The zero-order chi connectivity index (χ0) is 15.3. The number of thioether (sulfide) groups is 4. The summed E-state index contributed by atoms with van der Waals surface area (Å²) in [6.07, 6.45) is 8.55. The lowest BCUT2D eigenvalue weighted by Crippen LogP contribution is -2.23. The molecule has 0 aromatic carbocycles. The van der Waals surface area contributed by atoms with Gasteiger partial charge in [-0.15, -0.1) is 47.0 Å². The zero-order valence-electron chi connectivity index (χ0n) is 13.8. The molecular weight excluding hydrogens is 348 g/mol. The van der Waals surface area contributed by atoms with E-state index >= 15 is 0 Å². The van der Waals surface area contributed by atoms with Crippen LogP contribution in [-0.2, 0) is 0 Å². The first kappa shape index (κ1) is 19.6. The largest absolute Gasteiger partial charge is 0.285 e. The van der Waals surface area contributed by atoms with Gasteiger partial charge in [-0.1, -0.05) is 25.7 Å². The maximum absolute atomic E-state index is 2.64. The molecule has 0 unspecified atom stereocenters. The molecule has 0 aromatic rings. The minimum Gasteiger partial charge on any atom is -0.285 e. The first-order chi connectivity index (χ1) is 10.9. The van der Waals surface area contributed by atoms with Crippen LogP contribution >= 0.6 is 47.0 Å². The van der Waals surface area contributed by atoms with Crippen LogP contribution in [0.25, 0.3) is 0 Å². The average molecular weight is 381 g/mol. The molecule has 2 nitrogen and oxygen atoms in total. The number of nitrogens with zero attached hydrogens (tertiary/aromatic N) is 2. The van der Waals surface area contributed by atoms with E-state index < -0.39 is 0 Å². The van der Waals surface area contributed by atoms with Gasteiger partial charge in [0, 0.05) is 46.5 Å². The summed E-state index contributed by atoms with van der Waals surface area (Å²) in [4.78, 5) is 5.27. The molecule has 2 saturated heterocycles. The van der Waals surface area contributed by atoms with E-state index in [0.29, 0.717) is 0 Å². The molecule has 0 spiro atoms. The normalized spacial score (nSPS) is 22.4. The molecule has 0 bridgehead atoms. The molecule has 2 fully saturated rings. The van der Waals surface area contributed by atoms with Crippen LogP contribution in [0, 0.1) is 0 Å². The summed E-state index contributed by atoms with van der Waals surface area (Å²) in [7, 11) is 0. The van der Waals surface area contributed by atoms with Gasteiger partial charge >= 0.3 is 0 Å². The van der Waals surface area contributed by atoms with Crippen LogP contribution in [0.15, 0.2) is 0 Å². The SMILES string of the molecule is C(CCCCN1CSCCSC1)CCCN1CSCCSC1. The quantitative estimate of drug-likeness (QED) is 0.530. The minimum atomic E-state index is 1.26. The summed E-state index contributed by atoms with van der Waals surface area (Å²) in [5.41, 5.74) is 0. The van der Waals surface area contributed by atoms with Crippen LogP contribution in [0.5, 0.6) is 0 Å². The van der Waals surface area contributed by atoms with Gasteiger partial charge in [0.25, 0.3) is 0 Å². The first-order valence-electron chi connectivity index (χ1n) is 8.71. The van der Waals surface area contributed by atoms with E-state index in [1.165, 1.54) is 98.1 Å². The standard InChI is InChI=1S/C16H32N2S4/c1(3-5-7-17-13-19-9-10-20-14-17)2-4-6-8-18-15-21-11-12-22-16-18/h1-16H2. The van der Waals surface area contributed by atoms with Gasteiger partial charge < -0.3 is 0 Å². The molecule has 0 amide bonds. The summed E-state index contributed by atoms with van der Waals surface area (Å²) in [6.45, 7) is 2.64. The third-order valence-electron chi connectivity index (χ3n) is 4.04. The molecule has 2 heterocycles. The maximum atomic E-state index is 2.64. The highest BCUT2D eigenvalue weighted by Crippen LogP contribution is 2.19. The van der Waals surface area contributed by atoms with Crippen LogP contribution in [0.3, 0.4) is 0 Å². The average Bonchev–Trinajstić information content (AvgIpc) is 2.94. The second-order valence-corrected chi connectivity index (χ2v) is 10.4. The van der Waals surface area contributed by atoms with Gasteiger partial charge in [0.15, 0.2) is 0 Å². The molecule has 22 heavy (non-hydrogen) atoms. The lowest BCUT2D eigenvalue weighted by atomic mass is 10.1. The van der Waals surface area contributed by atoms with Crippen molar-refractivity contribution in [2.24, 2.45) is 0 Å². The van der Waals surface area contributed by atoms with Crippen LogP contribution in [0.4, 0.5) is 0 Å². The molecule has 0 N–H and O–H groups in total. The van der Waals surface area contributed by atoms with E-state index in [1.54, 1.807) is 0 Å². The van der Waals surface area contributed by atoms with Gasteiger partial charge in [-0.25, -0.2) is 0 Å². The number of rotatable bonds is 9. The van der Waals surface area contributed by atoms with E-state index in [0.717, 1.165) is 0 Å². The fourth-order valence-corrected chi connectivity index (χ4v) is 7.27. The molecule has 0 radical (unpaired) electrons. The Bertz CT molecular complexity index is 227. The number of hydrogen-bond acceptors (Lipinski definition) is 6. The maximum Gasteiger partial charge on any atom is 0.0452 e. The summed E-state index contributed by atoms with van der Waals surface area (Å²) >= 11 is 8.44. The van der Waals surface area contributed by atoms with Crippen molar-refractivity contribution < 1.29 is 0 Å². The van der Waals surface area contributed by atoms with Crippen molar-refractivity contribution in [2.45, 2.75) is 38.5 Å². The highest BCUT2D eigenvalue weighted by atomic mass is 32.2. The summed E-state index contributed by atoms with van der Waals surface area (Å²) in [6, 6.07) is 0. The van der Waals surface area contributed by atoms with E-state index in [9.17, 15) is 0 Å². The van der Waals surface area contributed by atoms with Gasteiger partial charge in [-0.2, -0.15) is 0 Å². The second kappa shape index (κ2) is 13.6. The lowest BCUT2D eigenvalue weighted by molar-refractivity contribution is 0.354. The molecule has 0 aromatic heterocycles. The highest BCUT2D eigenvalue weighted by molar-refractivity contribution is 8.03. The molecule has 0 saturated carbocycles. The predicted molar refractivity (Wildman–Crippen MR) is 110 cm³/mol. The van der Waals surface area contributed by atoms with Gasteiger partial charge in [-0.05, 0) is 25.9 Å². The van der Waals surface area contributed by atoms with Crippen molar-refractivity contribution in [3.8, 4) is 0 Å². The van der Waals surface area contributed by atoms with Crippen LogP contribution in [0.2, 0.25) is 0 Å². The third-order valence-corrected chi connectivity index (χ3v) is 8.72. The summed E-state index contributed by atoms with van der Waals surface area (Å²) in [5, 5.41) is 0. The van der Waals surface area contributed by atoms with Crippen molar-refractivity contribution >= 4 is 47.0 Å².